The minimum absolute atomic E-state index is 0.00542. The van der Waals surface area contributed by atoms with Crippen LogP contribution in [0.25, 0.3) is 0 Å². The van der Waals surface area contributed by atoms with Gasteiger partial charge in [-0.1, -0.05) is 30.3 Å². The maximum Gasteiger partial charge on any atom is 0.410 e. The molecule has 0 bridgehead atoms. The SMILES string of the molecule is COc1ccccc1CNC(=O)[C@@H]1COC(=O)N1Cc1cccc(C#N)c1. The first kappa shape index (κ1) is 18.3. The minimum Gasteiger partial charge on any atom is -0.496 e. The molecule has 1 heterocycles. The van der Waals surface area contributed by atoms with Gasteiger partial charge in [0.15, 0.2) is 0 Å². The third kappa shape index (κ3) is 4.18. The summed E-state index contributed by atoms with van der Waals surface area (Å²) >= 11 is 0. The Morgan fingerprint density at radius 1 is 1.33 bits per heavy atom. The number of rotatable bonds is 6. The zero-order chi connectivity index (χ0) is 19.2. The molecule has 2 amide bonds. The van der Waals surface area contributed by atoms with E-state index in [9.17, 15) is 9.59 Å². The van der Waals surface area contributed by atoms with Gasteiger partial charge in [0.25, 0.3) is 0 Å². The molecule has 7 nitrogen and oxygen atoms in total. The van der Waals surface area contributed by atoms with Crippen molar-refractivity contribution in [2.45, 2.75) is 19.1 Å². The Labute approximate surface area is 157 Å². The van der Waals surface area contributed by atoms with Crippen LogP contribution in [0.4, 0.5) is 4.79 Å². The normalized spacial score (nSPS) is 15.8. The Morgan fingerprint density at radius 3 is 2.93 bits per heavy atom. The highest BCUT2D eigenvalue weighted by molar-refractivity contribution is 5.87. The van der Waals surface area contributed by atoms with Crippen LogP contribution < -0.4 is 10.1 Å². The van der Waals surface area contributed by atoms with Crippen molar-refractivity contribution in [3.05, 3.63) is 65.2 Å². The van der Waals surface area contributed by atoms with Crippen LogP contribution in [0.5, 0.6) is 5.75 Å². The lowest BCUT2D eigenvalue weighted by molar-refractivity contribution is -0.125. The number of ether oxygens (including phenoxy) is 2. The number of benzene rings is 2. The van der Waals surface area contributed by atoms with E-state index in [-0.39, 0.29) is 25.6 Å². The molecule has 0 aromatic heterocycles. The molecule has 27 heavy (non-hydrogen) atoms. The number of nitrogens with zero attached hydrogens (tertiary/aromatic N) is 2. The smallest absolute Gasteiger partial charge is 0.410 e. The second-order valence-electron chi connectivity index (χ2n) is 6.06. The summed E-state index contributed by atoms with van der Waals surface area (Å²) in [7, 11) is 1.57. The molecule has 2 aromatic rings. The lowest BCUT2D eigenvalue weighted by Crippen LogP contribution is -2.45. The van der Waals surface area contributed by atoms with Gasteiger partial charge in [-0.2, -0.15) is 5.26 Å². The van der Waals surface area contributed by atoms with Crippen molar-refractivity contribution in [2.24, 2.45) is 0 Å². The summed E-state index contributed by atoms with van der Waals surface area (Å²) < 4.78 is 10.3. The molecule has 1 fully saturated rings. The number of carbonyl (C=O) groups is 2. The molecule has 1 aliphatic heterocycles. The second-order valence-corrected chi connectivity index (χ2v) is 6.06. The fraction of sp³-hybridized carbons (Fsp3) is 0.250. The number of amides is 2. The fourth-order valence-electron chi connectivity index (χ4n) is 2.93. The van der Waals surface area contributed by atoms with Gasteiger partial charge in [-0.25, -0.2) is 4.79 Å². The zero-order valence-electron chi connectivity index (χ0n) is 14.8. The van der Waals surface area contributed by atoms with Gasteiger partial charge < -0.3 is 14.8 Å². The molecule has 0 radical (unpaired) electrons. The topological polar surface area (TPSA) is 91.7 Å². The Bertz CT molecular complexity index is 891. The van der Waals surface area contributed by atoms with E-state index < -0.39 is 12.1 Å². The van der Waals surface area contributed by atoms with Gasteiger partial charge in [-0.05, 0) is 23.8 Å². The van der Waals surface area contributed by atoms with Crippen molar-refractivity contribution in [1.82, 2.24) is 10.2 Å². The summed E-state index contributed by atoms with van der Waals surface area (Å²) in [6.45, 7) is 0.473. The summed E-state index contributed by atoms with van der Waals surface area (Å²) in [4.78, 5) is 26.0. The Hall–Kier alpha value is -3.53. The molecule has 1 aliphatic rings. The quantitative estimate of drug-likeness (QED) is 0.847. The van der Waals surface area contributed by atoms with Gasteiger partial charge >= 0.3 is 6.09 Å². The standard InChI is InChI=1S/C20H19N3O4/c1-26-18-8-3-2-7-16(18)11-22-19(24)17-13-27-20(25)23(17)12-15-6-4-5-14(9-15)10-21/h2-9,17H,11-13H2,1H3,(H,22,24)/t17-/m0/s1. The number of para-hydroxylation sites is 1. The predicted octanol–water partition coefficient (Wildman–Crippen LogP) is 2.20. The average Bonchev–Trinajstić information content (AvgIpc) is 3.07. The van der Waals surface area contributed by atoms with E-state index in [1.54, 1.807) is 31.4 Å². The van der Waals surface area contributed by atoms with Crippen LogP contribution in [0.1, 0.15) is 16.7 Å². The Balaban J connectivity index is 1.68. The van der Waals surface area contributed by atoms with E-state index in [1.165, 1.54) is 4.90 Å². The summed E-state index contributed by atoms with van der Waals surface area (Å²) in [5.74, 6) is 0.380. The summed E-state index contributed by atoms with van der Waals surface area (Å²) in [6.07, 6.45) is -0.546. The first-order valence-electron chi connectivity index (χ1n) is 8.44. The molecule has 0 aliphatic carbocycles. The molecule has 0 unspecified atom stereocenters. The highest BCUT2D eigenvalue weighted by Gasteiger charge is 2.37. The highest BCUT2D eigenvalue weighted by atomic mass is 16.6. The Morgan fingerprint density at radius 2 is 2.15 bits per heavy atom. The van der Waals surface area contributed by atoms with Gasteiger partial charge in [0.1, 0.15) is 18.4 Å². The molecule has 2 aromatic carbocycles. The largest absolute Gasteiger partial charge is 0.496 e. The van der Waals surface area contributed by atoms with Gasteiger partial charge in [-0.3, -0.25) is 9.69 Å². The van der Waals surface area contributed by atoms with E-state index in [0.29, 0.717) is 11.3 Å². The van der Waals surface area contributed by atoms with Crippen molar-refractivity contribution in [3.63, 3.8) is 0 Å². The molecular weight excluding hydrogens is 346 g/mol. The van der Waals surface area contributed by atoms with E-state index in [2.05, 4.69) is 11.4 Å². The molecular formula is C20H19N3O4. The first-order chi connectivity index (χ1) is 13.1. The van der Waals surface area contributed by atoms with Crippen LogP contribution >= 0.6 is 0 Å². The van der Waals surface area contributed by atoms with Gasteiger partial charge in [0.2, 0.25) is 5.91 Å². The number of cyclic esters (lactones) is 1. The lowest BCUT2D eigenvalue weighted by Gasteiger charge is -2.21. The van der Waals surface area contributed by atoms with Crippen molar-refractivity contribution >= 4 is 12.0 Å². The maximum atomic E-state index is 12.6. The number of carbonyl (C=O) groups excluding carboxylic acids is 2. The lowest BCUT2D eigenvalue weighted by atomic mass is 10.1. The van der Waals surface area contributed by atoms with Crippen molar-refractivity contribution in [2.75, 3.05) is 13.7 Å². The number of hydrogen-bond donors (Lipinski definition) is 1. The van der Waals surface area contributed by atoms with Crippen molar-refractivity contribution in [3.8, 4) is 11.8 Å². The third-order valence-electron chi connectivity index (χ3n) is 4.33. The van der Waals surface area contributed by atoms with Gasteiger partial charge in [-0.15, -0.1) is 0 Å². The number of nitriles is 1. The van der Waals surface area contributed by atoms with Gasteiger partial charge in [0, 0.05) is 12.1 Å². The number of hydrogen-bond acceptors (Lipinski definition) is 5. The summed E-state index contributed by atoms with van der Waals surface area (Å²) in [5, 5.41) is 11.8. The molecule has 0 saturated carbocycles. The molecule has 1 N–H and O–H groups in total. The van der Waals surface area contributed by atoms with E-state index in [0.717, 1.165) is 11.1 Å². The van der Waals surface area contributed by atoms with E-state index in [1.807, 2.05) is 24.3 Å². The van der Waals surface area contributed by atoms with Crippen LogP contribution in [0.3, 0.4) is 0 Å². The zero-order valence-corrected chi connectivity index (χ0v) is 14.8. The van der Waals surface area contributed by atoms with Crippen LogP contribution in [0, 0.1) is 11.3 Å². The second kappa shape index (κ2) is 8.23. The van der Waals surface area contributed by atoms with Crippen LogP contribution in [0.15, 0.2) is 48.5 Å². The van der Waals surface area contributed by atoms with Crippen molar-refractivity contribution in [1.29, 1.82) is 5.26 Å². The average molecular weight is 365 g/mol. The van der Waals surface area contributed by atoms with Crippen LogP contribution in [-0.4, -0.2) is 36.7 Å². The molecule has 3 rings (SSSR count). The molecule has 0 spiro atoms. The first-order valence-corrected chi connectivity index (χ1v) is 8.44. The molecule has 138 valence electrons. The molecule has 1 saturated heterocycles. The van der Waals surface area contributed by atoms with Crippen LogP contribution in [-0.2, 0) is 22.6 Å². The molecule has 7 heteroatoms. The Kier molecular flexibility index (Phi) is 5.57. The van der Waals surface area contributed by atoms with E-state index in [4.69, 9.17) is 14.7 Å². The summed E-state index contributed by atoms with van der Waals surface area (Å²) in [6, 6.07) is 15.6. The van der Waals surface area contributed by atoms with Crippen LogP contribution in [0.2, 0.25) is 0 Å². The predicted molar refractivity (Wildman–Crippen MR) is 96.7 cm³/mol. The third-order valence-corrected chi connectivity index (χ3v) is 4.33. The maximum absolute atomic E-state index is 12.6. The summed E-state index contributed by atoms with van der Waals surface area (Å²) in [5.41, 5.74) is 2.10. The number of nitrogens with one attached hydrogen (secondary N) is 1. The van der Waals surface area contributed by atoms with Gasteiger partial charge in [0.05, 0.1) is 25.3 Å². The fourth-order valence-corrected chi connectivity index (χ4v) is 2.93. The van der Waals surface area contributed by atoms with E-state index >= 15 is 0 Å². The van der Waals surface area contributed by atoms with Crippen molar-refractivity contribution < 1.29 is 19.1 Å². The minimum atomic E-state index is -0.724. The number of methoxy groups -OCH3 is 1. The molecule has 1 atom stereocenters. The highest BCUT2D eigenvalue weighted by Crippen LogP contribution is 2.19. The monoisotopic (exact) mass is 365 g/mol.